The molecule has 1 saturated heterocycles. The molecule has 23 heavy (non-hydrogen) atoms. The molecule has 0 spiro atoms. The lowest BCUT2D eigenvalue weighted by Gasteiger charge is -2.44. The fraction of sp³-hybridized carbons (Fsp3) is 0.467. The molecule has 1 aliphatic rings. The van der Waals surface area contributed by atoms with Gasteiger partial charge in [-0.15, -0.1) is 0 Å². The standard InChI is InChI=1S/C15H20N2O5S/c1-11-13(10-14(18)19)17(23(2,21)22)9-8-16(11)15(20)12-6-4-3-5-7-12/h3-7,11,13H,8-10H2,1-2H3,(H,18,19)/t11-,13+/m1/s1. The van der Waals surface area contributed by atoms with Gasteiger partial charge in [-0.25, -0.2) is 8.42 Å². The van der Waals surface area contributed by atoms with Crippen molar-refractivity contribution in [3.63, 3.8) is 0 Å². The topological polar surface area (TPSA) is 95.0 Å². The summed E-state index contributed by atoms with van der Waals surface area (Å²) in [6, 6.07) is 7.37. The summed E-state index contributed by atoms with van der Waals surface area (Å²) in [4.78, 5) is 25.3. The summed E-state index contributed by atoms with van der Waals surface area (Å²) in [6.07, 6.45) is 0.718. The summed E-state index contributed by atoms with van der Waals surface area (Å²) in [5.74, 6) is -1.31. The van der Waals surface area contributed by atoms with Crippen LogP contribution >= 0.6 is 0 Å². The molecular formula is C15H20N2O5S. The van der Waals surface area contributed by atoms with Crippen molar-refractivity contribution >= 4 is 21.9 Å². The summed E-state index contributed by atoms with van der Waals surface area (Å²) in [5, 5.41) is 9.08. The van der Waals surface area contributed by atoms with Crippen LogP contribution in [0.15, 0.2) is 30.3 Å². The number of sulfonamides is 1. The predicted molar refractivity (Wildman–Crippen MR) is 84.5 cm³/mol. The van der Waals surface area contributed by atoms with Gasteiger partial charge < -0.3 is 10.0 Å². The second-order valence-corrected chi connectivity index (χ2v) is 7.58. The lowest BCUT2D eigenvalue weighted by atomic mass is 10.0. The minimum Gasteiger partial charge on any atom is -0.481 e. The molecule has 7 nitrogen and oxygen atoms in total. The number of carboxylic acid groups (broad SMARTS) is 1. The second kappa shape index (κ2) is 6.67. The Morgan fingerprint density at radius 3 is 2.35 bits per heavy atom. The Balaban J connectivity index is 2.29. The summed E-state index contributed by atoms with van der Waals surface area (Å²) >= 11 is 0. The Morgan fingerprint density at radius 1 is 1.22 bits per heavy atom. The number of piperazine rings is 1. The van der Waals surface area contributed by atoms with Crippen molar-refractivity contribution in [3.05, 3.63) is 35.9 Å². The SMILES string of the molecule is C[C@@H]1[C@H](CC(=O)O)N(S(C)(=O)=O)CCN1C(=O)c1ccccc1. The molecule has 1 aliphatic heterocycles. The van der Waals surface area contributed by atoms with Crippen LogP contribution in [0.4, 0.5) is 0 Å². The summed E-state index contributed by atoms with van der Waals surface area (Å²) in [6.45, 7) is 2.02. The molecule has 1 aromatic carbocycles. The minimum atomic E-state index is -3.54. The molecule has 0 bridgehead atoms. The molecule has 0 unspecified atom stereocenters. The molecule has 1 fully saturated rings. The molecule has 0 aromatic heterocycles. The van der Waals surface area contributed by atoms with Gasteiger partial charge in [0.15, 0.2) is 0 Å². The zero-order valence-electron chi connectivity index (χ0n) is 13.0. The maximum atomic E-state index is 12.6. The zero-order chi connectivity index (χ0) is 17.2. The van der Waals surface area contributed by atoms with E-state index in [1.54, 1.807) is 42.2 Å². The molecule has 1 amide bonds. The molecule has 8 heteroatoms. The summed E-state index contributed by atoms with van der Waals surface area (Å²) < 4.78 is 25.0. The third kappa shape index (κ3) is 3.89. The first-order valence-corrected chi connectivity index (χ1v) is 9.11. The number of carbonyl (C=O) groups excluding carboxylic acids is 1. The van der Waals surface area contributed by atoms with Crippen LogP contribution in [0.3, 0.4) is 0 Å². The Labute approximate surface area is 135 Å². The van der Waals surface area contributed by atoms with Gasteiger partial charge in [-0.1, -0.05) is 18.2 Å². The van der Waals surface area contributed by atoms with E-state index in [1.807, 2.05) is 0 Å². The van der Waals surface area contributed by atoms with E-state index in [0.29, 0.717) is 5.56 Å². The van der Waals surface area contributed by atoms with E-state index in [9.17, 15) is 18.0 Å². The Hall–Kier alpha value is -1.93. The first-order chi connectivity index (χ1) is 10.7. The number of amides is 1. The van der Waals surface area contributed by atoms with Crippen molar-refractivity contribution in [3.8, 4) is 0 Å². The number of carboxylic acids is 1. The van der Waals surface area contributed by atoms with Crippen LogP contribution in [0, 0.1) is 0 Å². The first-order valence-electron chi connectivity index (χ1n) is 7.26. The van der Waals surface area contributed by atoms with Crippen molar-refractivity contribution in [1.82, 2.24) is 9.21 Å². The molecule has 1 aromatic rings. The average Bonchev–Trinajstić information content (AvgIpc) is 2.48. The smallest absolute Gasteiger partial charge is 0.305 e. The van der Waals surface area contributed by atoms with E-state index in [0.717, 1.165) is 6.26 Å². The van der Waals surface area contributed by atoms with Crippen LogP contribution in [0.1, 0.15) is 23.7 Å². The fourth-order valence-electron chi connectivity index (χ4n) is 2.92. The summed E-state index contributed by atoms with van der Waals surface area (Å²) in [5.41, 5.74) is 0.501. The largest absolute Gasteiger partial charge is 0.481 e. The highest BCUT2D eigenvalue weighted by molar-refractivity contribution is 7.88. The molecule has 1 N–H and O–H groups in total. The Morgan fingerprint density at radius 2 is 1.83 bits per heavy atom. The lowest BCUT2D eigenvalue weighted by Crippen LogP contribution is -2.61. The monoisotopic (exact) mass is 340 g/mol. The van der Waals surface area contributed by atoms with Crippen LogP contribution in [0.2, 0.25) is 0 Å². The van der Waals surface area contributed by atoms with Crippen LogP contribution in [-0.2, 0) is 14.8 Å². The number of benzene rings is 1. The fourth-order valence-corrected chi connectivity index (χ4v) is 4.08. The van der Waals surface area contributed by atoms with Gasteiger partial charge in [0, 0.05) is 24.7 Å². The van der Waals surface area contributed by atoms with Gasteiger partial charge in [0.2, 0.25) is 10.0 Å². The molecule has 0 radical (unpaired) electrons. The van der Waals surface area contributed by atoms with E-state index in [-0.39, 0.29) is 25.4 Å². The maximum Gasteiger partial charge on any atom is 0.305 e. The van der Waals surface area contributed by atoms with Crippen molar-refractivity contribution < 1.29 is 23.1 Å². The minimum absolute atomic E-state index is 0.0969. The van der Waals surface area contributed by atoms with E-state index in [4.69, 9.17) is 5.11 Å². The molecule has 0 aliphatic carbocycles. The van der Waals surface area contributed by atoms with Gasteiger partial charge in [-0.2, -0.15) is 4.31 Å². The Bertz CT molecular complexity index is 689. The number of nitrogens with zero attached hydrogens (tertiary/aromatic N) is 2. The van der Waals surface area contributed by atoms with Crippen molar-refractivity contribution in [1.29, 1.82) is 0 Å². The third-order valence-corrected chi connectivity index (χ3v) is 5.38. The maximum absolute atomic E-state index is 12.6. The van der Waals surface area contributed by atoms with E-state index in [1.165, 1.54) is 4.31 Å². The highest BCUT2D eigenvalue weighted by Gasteiger charge is 2.41. The van der Waals surface area contributed by atoms with Gasteiger partial charge in [-0.05, 0) is 19.1 Å². The van der Waals surface area contributed by atoms with Crippen molar-refractivity contribution in [2.24, 2.45) is 0 Å². The zero-order valence-corrected chi connectivity index (χ0v) is 13.9. The molecule has 0 saturated carbocycles. The second-order valence-electron chi connectivity index (χ2n) is 5.64. The van der Waals surface area contributed by atoms with Crippen LogP contribution in [0.5, 0.6) is 0 Å². The van der Waals surface area contributed by atoms with Gasteiger partial charge in [-0.3, -0.25) is 9.59 Å². The lowest BCUT2D eigenvalue weighted by molar-refractivity contribution is -0.138. The van der Waals surface area contributed by atoms with Crippen molar-refractivity contribution in [2.75, 3.05) is 19.3 Å². The molecule has 1 heterocycles. The highest BCUT2D eigenvalue weighted by atomic mass is 32.2. The van der Waals surface area contributed by atoms with Gasteiger partial charge >= 0.3 is 5.97 Å². The first kappa shape index (κ1) is 17.4. The average molecular weight is 340 g/mol. The van der Waals surface area contributed by atoms with Crippen LogP contribution < -0.4 is 0 Å². The number of aliphatic carboxylic acids is 1. The van der Waals surface area contributed by atoms with Gasteiger partial charge in [0.1, 0.15) is 0 Å². The van der Waals surface area contributed by atoms with E-state index in [2.05, 4.69) is 0 Å². The van der Waals surface area contributed by atoms with Crippen LogP contribution in [-0.4, -0.2) is 66.0 Å². The van der Waals surface area contributed by atoms with Gasteiger partial charge in [0.05, 0.1) is 18.7 Å². The molecule has 126 valence electrons. The highest BCUT2D eigenvalue weighted by Crippen LogP contribution is 2.24. The molecule has 2 rings (SSSR count). The number of rotatable bonds is 4. The number of hydrogen-bond donors (Lipinski definition) is 1. The van der Waals surface area contributed by atoms with E-state index < -0.39 is 28.1 Å². The Kier molecular flexibility index (Phi) is 5.06. The molecule has 2 atom stereocenters. The molecular weight excluding hydrogens is 320 g/mol. The summed E-state index contributed by atoms with van der Waals surface area (Å²) in [7, 11) is -3.54. The normalized spacial score (nSPS) is 22.8. The number of carbonyl (C=O) groups is 2. The number of hydrogen-bond acceptors (Lipinski definition) is 4. The van der Waals surface area contributed by atoms with Crippen LogP contribution in [0.25, 0.3) is 0 Å². The van der Waals surface area contributed by atoms with Crippen molar-refractivity contribution in [2.45, 2.75) is 25.4 Å². The predicted octanol–water partition coefficient (Wildman–Crippen LogP) is 0.636. The third-order valence-electron chi connectivity index (χ3n) is 4.07. The quantitative estimate of drug-likeness (QED) is 0.868. The van der Waals surface area contributed by atoms with Gasteiger partial charge in [0.25, 0.3) is 5.91 Å². The van der Waals surface area contributed by atoms with E-state index >= 15 is 0 Å².